The number of carboxylic acid groups (broad SMARTS) is 1. The zero-order chi connectivity index (χ0) is 15.7. The molecule has 1 aromatic heterocycles. The molecule has 0 atom stereocenters. The van der Waals surface area contributed by atoms with Gasteiger partial charge in [-0.2, -0.15) is 0 Å². The summed E-state index contributed by atoms with van der Waals surface area (Å²) in [7, 11) is 0. The van der Waals surface area contributed by atoms with Gasteiger partial charge in [-0.1, -0.05) is 18.9 Å². The molecular formula is C18H24N2O2. The van der Waals surface area contributed by atoms with Crippen LogP contribution in [-0.2, 0) is 6.54 Å². The van der Waals surface area contributed by atoms with Crippen LogP contribution in [0, 0.1) is 0 Å². The second-order valence-electron chi connectivity index (χ2n) is 6.55. The summed E-state index contributed by atoms with van der Waals surface area (Å²) < 4.78 is 2.17. The number of aromatic carboxylic acids is 1. The molecule has 1 saturated carbocycles. The van der Waals surface area contributed by atoms with Gasteiger partial charge in [0.25, 0.3) is 0 Å². The highest BCUT2D eigenvalue weighted by molar-refractivity contribution is 5.94. The van der Waals surface area contributed by atoms with Crippen molar-refractivity contribution in [3.05, 3.63) is 35.5 Å². The number of carbonyl (C=O) groups is 1. The number of hydrogen-bond acceptors (Lipinski definition) is 2. The van der Waals surface area contributed by atoms with Gasteiger partial charge in [-0.05, 0) is 44.4 Å². The molecule has 2 aromatic rings. The van der Waals surface area contributed by atoms with Crippen molar-refractivity contribution in [2.75, 3.05) is 0 Å². The van der Waals surface area contributed by atoms with Gasteiger partial charge in [-0.15, -0.1) is 0 Å². The molecule has 4 nitrogen and oxygen atoms in total. The van der Waals surface area contributed by atoms with E-state index in [9.17, 15) is 9.90 Å². The number of hydrogen-bond donors (Lipinski definition) is 2. The minimum Gasteiger partial charge on any atom is -0.478 e. The first-order chi connectivity index (χ1) is 10.6. The molecule has 1 aromatic carbocycles. The largest absolute Gasteiger partial charge is 0.478 e. The normalized spacial score (nSPS) is 16.0. The minimum absolute atomic E-state index is 0.312. The molecule has 0 bridgehead atoms. The number of benzene rings is 1. The van der Waals surface area contributed by atoms with Crippen molar-refractivity contribution < 1.29 is 9.90 Å². The smallest absolute Gasteiger partial charge is 0.335 e. The number of carboxylic acids is 1. The Kier molecular flexibility index (Phi) is 4.21. The van der Waals surface area contributed by atoms with Crippen molar-refractivity contribution in [1.82, 2.24) is 9.88 Å². The van der Waals surface area contributed by atoms with Crippen LogP contribution in [0.3, 0.4) is 0 Å². The summed E-state index contributed by atoms with van der Waals surface area (Å²) in [5.41, 5.74) is 2.62. The topological polar surface area (TPSA) is 54.3 Å². The molecule has 1 aliphatic rings. The Morgan fingerprint density at radius 2 is 2.09 bits per heavy atom. The molecule has 0 unspecified atom stereocenters. The van der Waals surface area contributed by atoms with Crippen LogP contribution in [0.2, 0.25) is 0 Å². The molecular weight excluding hydrogens is 276 g/mol. The van der Waals surface area contributed by atoms with Crippen LogP contribution in [0.4, 0.5) is 0 Å². The Balaban J connectivity index is 1.93. The molecule has 4 heteroatoms. The molecule has 0 saturated heterocycles. The first kappa shape index (κ1) is 15.1. The van der Waals surface area contributed by atoms with Gasteiger partial charge in [0.05, 0.1) is 5.56 Å². The van der Waals surface area contributed by atoms with Crippen molar-refractivity contribution in [2.45, 2.75) is 58.2 Å². The Bertz CT molecular complexity index is 682. The van der Waals surface area contributed by atoms with E-state index in [4.69, 9.17) is 0 Å². The van der Waals surface area contributed by atoms with Crippen LogP contribution in [0.15, 0.2) is 24.4 Å². The summed E-state index contributed by atoms with van der Waals surface area (Å²) in [5, 5.41) is 14.0. The Labute approximate surface area is 131 Å². The Hall–Kier alpha value is -1.81. The van der Waals surface area contributed by atoms with Crippen LogP contribution in [-0.4, -0.2) is 21.7 Å². The standard InChI is InChI=1S/C18H24N2O2/c1-12(2)20-11-14(10-19-15-5-3-4-6-15)16-8-7-13(18(21)22)9-17(16)20/h7-9,11-12,15,19H,3-6,10H2,1-2H3,(H,21,22). The van der Waals surface area contributed by atoms with E-state index in [1.807, 2.05) is 6.07 Å². The summed E-state index contributed by atoms with van der Waals surface area (Å²) in [6.45, 7) is 5.11. The lowest BCUT2D eigenvalue weighted by molar-refractivity contribution is 0.0697. The first-order valence-electron chi connectivity index (χ1n) is 8.16. The van der Waals surface area contributed by atoms with Gasteiger partial charge in [-0.25, -0.2) is 4.79 Å². The third-order valence-electron chi connectivity index (χ3n) is 4.66. The van der Waals surface area contributed by atoms with Crippen molar-refractivity contribution in [2.24, 2.45) is 0 Å². The third kappa shape index (κ3) is 2.88. The maximum atomic E-state index is 11.2. The fraction of sp³-hybridized carbons (Fsp3) is 0.500. The van der Waals surface area contributed by atoms with Gasteiger partial charge in [0.15, 0.2) is 0 Å². The Morgan fingerprint density at radius 1 is 1.36 bits per heavy atom. The Morgan fingerprint density at radius 3 is 2.73 bits per heavy atom. The minimum atomic E-state index is -0.871. The van der Waals surface area contributed by atoms with E-state index in [1.165, 1.54) is 31.2 Å². The van der Waals surface area contributed by atoms with Crippen LogP contribution >= 0.6 is 0 Å². The highest BCUT2D eigenvalue weighted by Gasteiger charge is 2.17. The number of rotatable bonds is 5. The van der Waals surface area contributed by atoms with Crippen molar-refractivity contribution in [1.29, 1.82) is 0 Å². The van der Waals surface area contributed by atoms with E-state index < -0.39 is 5.97 Å². The zero-order valence-corrected chi connectivity index (χ0v) is 13.3. The lowest BCUT2D eigenvalue weighted by Gasteiger charge is -2.11. The molecule has 2 N–H and O–H groups in total. The molecule has 1 fully saturated rings. The lowest BCUT2D eigenvalue weighted by Crippen LogP contribution is -2.25. The SMILES string of the molecule is CC(C)n1cc(CNC2CCCC2)c2ccc(C(=O)O)cc21. The van der Waals surface area contributed by atoms with Crippen LogP contribution in [0.25, 0.3) is 10.9 Å². The highest BCUT2D eigenvalue weighted by Crippen LogP contribution is 2.27. The van der Waals surface area contributed by atoms with Crippen molar-refractivity contribution in [3.8, 4) is 0 Å². The summed E-state index contributed by atoms with van der Waals surface area (Å²) >= 11 is 0. The monoisotopic (exact) mass is 300 g/mol. The van der Waals surface area contributed by atoms with Crippen LogP contribution in [0.5, 0.6) is 0 Å². The van der Waals surface area contributed by atoms with Crippen LogP contribution in [0.1, 0.15) is 61.5 Å². The lowest BCUT2D eigenvalue weighted by atomic mass is 10.1. The fourth-order valence-electron chi connectivity index (χ4n) is 3.41. The third-order valence-corrected chi connectivity index (χ3v) is 4.66. The zero-order valence-electron chi connectivity index (χ0n) is 13.3. The maximum Gasteiger partial charge on any atom is 0.335 e. The first-order valence-corrected chi connectivity index (χ1v) is 8.16. The van der Waals surface area contributed by atoms with Gasteiger partial charge in [-0.3, -0.25) is 0 Å². The van der Waals surface area contributed by atoms with E-state index in [2.05, 4.69) is 29.9 Å². The summed E-state index contributed by atoms with van der Waals surface area (Å²) in [6.07, 6.45) is 7.36. The number of nitrogens with one attached hydrogen (secondary N) is 1. The predicted octanol–water partition coefficient (Wildman–Crippen LogP) is 3.95. The molecule has 1 heterocycles. The molecule has 0 spiro atoms. The fourth-order valence-corrected chi connectivity index (χ4v) is 3.41. The van der Waals surface area contributed by atoms with Gasteiger partial charge < -0.3 is 15.0 Å². The van der Waals surface area contributed by atoms with E-state index >= 15 is 0 Å². The molecule has 0 amide bonds. The predicted molar refractivity (Wildman–Crippen MR) is 88.4 cm³/mol. The average Bonchev–Trinajstić information content (AvgIpc) is 3.12. The van der Waals surface area contributed by atoms with E-state index in [1.54, 1.807) is 12.1 Å². The quantitative estimate of drug-likeness (QED) is 0.879. The van der Waals surface area contributed by atoms with Crippen LogP contribution < -0.4 is 5.32 Å². The molecule has 118 valence electrons. The van der Waals surface area contributed by atoms with Crippen molar-refractivity contribution in [3.63, 3.8) is 0 Å². The number of fused-ring (bicyclic) bond motifs is 1. The number of aromatic nitrogens is 1. The van der Waals surface area contributed by atoms with Crippen molar-refractivity contribution >= 4 is 16.9 Å². The molecule has 0 radical (unpaired) electrons. The van der Waals surface area contributed by atoms with E-state index in [0.29, 0.717) is 17.6 Å². The van der Waals surface area contributed by atoms with E-state index in [0.717, 1.165) is 17.4 Å². The summed E-state index contributed by atoms with van der Waals surface area (Å²) in [6, 6.07) is 6.39. The van der Waals surface area contributed by atoms with Gasteiger partial charge in [0, 0.05) is 35.7 Å². The molecule has 1 aliphatic carbocycles. The van der Waals surface area contributed by atoms with E-state index in [-0.39, 0.29) is 0 Å². The number of nitrogens with zero attached hydrogens (tertiary/aromatic N) is 1. The molecule has 22 heavy (non-hydrogen) atoms. The summed E-state index contributed by atoms with van der Waals surface area (Å²) in [5.74, 6) is -0.871. The maximum absolute atomic E-state index is 11.2. The van der Waals surface area contributed by atoms with Gasteiger partial charge in [0.1, 0.15) is 0 Å². The van der Waals surface area contributed by atoms with Gasteiger partial charge in [0.2, 0.25) is 0 Å². The van der Waals surface area contributed by atoms with Gasteiger partial charge >= 0.3 is 5.97 Å². The molecule has 3 rings (SSSR count). The second kappa shape index (κ2) is 6.13. The average molecular weight is 300 g/mol. The highest BCUT2D eigenvalue weighted by atomic mass is 16.4. The second-order valence-corrected chi connectivity index (χ2v) is 6.55. The summed E-state index contributed by atoms with van der Waals surface area (Å²) in [4.78, 5) is 11.2. The molecule has 0 aliphatic heterocycles.